The fourth-order valence-electron chi connectivity index (χ4n) is 0.402. The molecule has 0 aromatic carbocycles. The predicted molar refractivity (Wildman–Crippen MR) is 35.7 cm³/mol. The second-order valence-corrected chi connectivity index (χ2v) is 2.11. The molecule has 0 aromatic heterocycles. The van der Waals surface area contributed by atoms with Crippen molar-refractivity contribution in [1.29, 1.82) is 0 Å². The molecule has 0 fully saturated rings. The summed E-state index contributed by atoms with van der Waals surface area (Å²) in [6.07, 6.45) is -2.57. The lowest BCUT2D eigenvalue weighted by molar-refractivity contribution is -0.131. The minimum Gasteiger partial charge on any atom is -0.478 e. The van der Waals surface area contributed by atoms with Gasteiger partial charge in [0.2, 0.25) is 0 Å². The van der Waals surface area contributed by atoms with Crippen molar-refractivity contribution in [1.82, 2.24) is 5.32 Å². The lowest BCUT2D eigenvalue weighted by atomic mass is 10.3. The number of aliphatic carboxylic acids is 1. The summed E-state index contributed by atoms with van der Waals surface area (Å²) in [6, 6.07) is 0. The van der Waals surface area contributed by atoms with Gasteiger partial charge in [-0.25, -0.2) is 13.6 Å². The van der Waals surface area contributed by atoms with E-state index in [0.29, 0.717) is 12.3 Å². The van der Waals surface area contributed by atoms with Crippen molar-refractivity contribution < 1.29 is 27.5 Å². The van der Waals surface area contributed by atoms with Crippen molar-refractivity contribution in [3.05, 3.63) is 12.3 Å². The highest BCUT2D eigenvalue weighted by Crippen LogP contribution is 2.21. The molecule has 0 unspecified atom stereocenters. The van der Waals surface area contributed by atoms with Gasteiger partial charge in [-0.15, -0.1) is 0 Å². The Morgan fingerprint density at radius 2 is 2.08 bits per heavy atom. The van der Waals surface area contributed by atoms with Crippen LogP contribution in [0.2, 0.25) is 0 Å². The van der Waals surface area contributed by atoms with E-state index in [1.54, 1.807) is 5.32 Å². The second kappa shape index (κ2) is 4.68. The number of hydrogen-bond acceptors (Lipinski definition) is 2. The Morgan fingerprint density at radius 1 is 1.54 bits per heavy atom. The summed E-state index contributed by atoms with van der Waals surface area (Å²) in [4.78, 5) is 9.80. The largest absolute Gasteiger partial charge is 0.478 e. The van der Waals surface area contributed by atoms with Gasteiger partial charge < -0.3 is 10.4 Å². The van der Waals surface area contributed by atoms with E-state index in [1.165, 1.54) is 0 Å². The first-order valence-corrected chi connectivity index (χ1v) is 3.15. The molecule has 0 amide bonds. The van der Waals surface area contributed by atoms with Crippen LogP contribution in [-0.2, 0) is 4.79 Å². The highest BCUT2D eigenvalue weighted by atomic mass is 19.3. The Morgan fingerprint density at radius 3 is 2.46 bits per heavy atom. The van der Waals surface area contributed by atoms with E-state index in [0.717, 1.165) is 0 Å². The number of halogens is 4. The van der Waals surface area contributed by atoms with E-state index < -0.39 is 24.9 Å². The summed E-state index contributed by atoms with van der Waals surface area (Å²) in [5.74, 6) is -5.50. The molecule has 0 spiro atoms. The SMILES string of the molecule is O=C(O)/C=C/NCC(F)(F)C(F)F. The van der Waals surface area contributed by atoms with E-state index in [9.17, 15) is 22.4 Å². The van der Waals surface area contributed by atoms with Crippen molar-refractivity contribution in [3.63, 3.8) is 0 Å². The highest BCUT2D eigenvalue weighted by Gasteiger charge is 2.39. The van der Waals surface area contributed by atoms with Crippen LogP contribution in [0.4, 0.5) is 17.6 Å². The van der Waals surface area contributed by atoms with Gasteiger partial charge in [-0.2, -0.15) is 8.78 Å². The van der Waals surface area contributed by atoms with Gasteiger partial charge in [0.15, 0.2) is 0 Å². The molecule has 0 saturated heterocycles. The standard InChI is InChI=1S/C6H7F4NO2/c7-5(8)6(9,10)3-11-2-1-4(12)13/h1-2,5,11H,3H2,(H,12,13)/b2-1+. The van der Waals surface area contributed by atoms with Crippen LogP contribution in [0.5, 0.6) is 0 Å². The van der Waals surface area contributed by atoms with E-state index in [1.807, 2.05) is 0 Å². The first-order chi connectivity index (χ1) is 5.86. The molecular formula is C6H7F4NO2. The quantitative estimate of drug-likeness (QED) is 0.516. The Kier molecular flexibility index (Phi) is 4.22. The van der Waals surface area contributed by atoms with Crippen molar-refractivity contribution in [2.75, 3.05) is 6.54 Å². The maximum absolute atomic E-state index is 12.1. The van der Waals surface area contributed by atoms with E-state index >= 15 is 0 Å². The molecule has 0 aliphatic heterocycles. The summed E-state index contributed by atoms with van der Waals surface area (Å²) in [7, 11) is 0. The molecular weight excluding hydrogens is 194 g/mol. The molecule has 0 heterocycles. The maximum atomic E-state index is 12.1. The molecule has 0 aromatic rings. The van der Waals surface area contributed by atoms with Gasteiger partial charge in [-0.3, -0.25) is 0 Å². The number of carboxylic acid groups (broad SMARTS) is 1. The van der Waals surface area contributed by atoms with Crippen molar-refractivity contribution >= 4 is 5.97 Å². The first kappa shape index (κ1) is 11.7. The molecule has 76 valence electrons. The number of alkyl halides is 4. The Balaban J connectivity index is 3.82. The lowest BCUT2D eigenvalue weighted by Crippen LogP contribution is -2.36. The van der Waals surface area contributed by atoms with Crippen LogP contribution in [0.1, 0.15) is 0 Å². The van der Waals surface area contributed by atoms with E-state index in [-0.39, 0.29) is 0 Å². The summed E-state index contributed by atoms with van der Waals surface area (Å²) in [5.41, 5.74) is 0. The average molecular weight is 201 g/mol. The normalized spacial score (nSPS) is 12.4. The molecule has 0 atom stereocenters. The number of carbonyl (C=O) groups is 1. The van der Waals surface area contributed by atoms with Crippen molar-refractivity contribution in [2.24, 2.45) is 0 Å². The third kappa shape index (κ3) is 5.05. The zero-order valence-corrected chi connectivity index (χ0v) is 6.31. The molecule has 2 N–H and O–H groups in total. The van der Waals surface area contributed by atoms with Crippen LogP contribution >= 0.6 is 0 Å². The van der Waals surface area contributed by atoms with E-state index in [4.69, 9.17) is 5.11 Å². The first-order valence-electron chi connectivity index (χ1n) is 3.15. The third-order valence-electron chi connectivity index (χ3n) is 1.00. The zero-order valence-electron chi connectivity index (χ0n) is 6.31. The molecule has 0 rings (SSSR count). The monoisotopic (exact) mass is 201 g/mol. The second-order valence-electron chi connectivity index (χ2n) is 2.11. The van der Waals surface area contributed by atoms with Crippen LogP contribution in [-0.4, -0.2) is 30.0 Å². The van der Waals surface area contributed by atoms with Crippen molar-refractivity contribution in [2.45, 2.75) is 12.3 Å². The van der Waals surface area contributed by atoms with Crippen molar-refractivity contribution in [3.8, 4) is 0 Å². The minimum atomic E-state index is -4.15. The Bertz CT molecular complexity index is 205. The molecule has 0 saturated carbocycles. The van der Waals surface area contributed by atoms with Gasteiger partial charge in [0.25, 0.3) is 0 Å². The number of rotatable bonds is 5. The molecule has 13 heavy (non-hydrogen) atoms. The summed E-state index contributed by atoms with van der Waals surface area (Å²) in [6.45, 7) is -1.30. The third-order valence-corrected chi connectivity index (χ3v) is 1.00. The summed E-state index contributed by atoms with van der Waals surface area (Å²) >= 11 is 0. The molecule has 0 aliphatic carbocycles. The summed E-state index contributed by atoms with van der Waals surface area (Å²) in [5, 5.41) is 9.74. The molecule has 0 aliphatic rings. The summed E-state index contributed by atoms with van der Waals surface area (Å²) < 4.78 is 47.1. The Labute approximate surface area is 71.0 Å². The predicted octanol–water partition coefficient (Wildman–Crippen LogP) is 1.07. The fraction of sp³-hybridized carbons (Fsp3) is 0.500. The topological polar surface area (TPSA) is 49.3 Å². The van der Waals surface area contributed by atoms with Crippen LogP contribution in [0.3, 0.4) is 0 Å². The van der Waals surface area contributed by atoms with Crippen LogP contribution in [0, 0.1) is 0 Å². The van der Waals surface area contributed by atoms with Gasteiger partial charge in [0.05, 0.1) is 6.54 Å². The molecule has 7 heteroatoms. The number of hydrogen-bond donors (Lipinski definition) is 2. The van der Waals surface area contributed by atoms with Gasteiger partial charge in [0.1, 0.15) is 0 Å². The molecule has 3 nitrogen and oxygen atoms in total. The van der Waals surface area contributed by atoms with Crippen LogP contribution < -0.4 is 5.32 Å². The average Bonchev–Trinajstić information content (AvgIpc) is 1.97. The van der Waals surface area contributed by atoms with Crippen LogP contribution in [0.15, 0.2) is 12.3 Å². The number of nitrogens with one attached hydrogen (secondary N) is 1. The number of carboxylic acids is 1. The van der Waals surface area contributed by atoms with Gasteiger partial charge >= 0.3 is 18.3 Å². The molecule has 0 radical (unpaired) electrons. The fourth-order valence-corrected chi connectivity index (χ4v) is 0.402. The molecule has 0 bridgehead atoms. The highest BCUT2D eigenvalue weighted by molar-refractivity contribution is 5.79. The van der Waals surface area contributed by atoms with Gasteiger partial charge in [-0.1, -0.05) is 0 Å². The minimum absolute atomic E-state index is 0.529. The van der Waals surface area contributed by atoms with Gasteiger partial charge in [0, 0.05) is 12.3 Å². The van der Waals surface area contributed by atoms with Gasteiger partial charge in [-0.05, 0) is 0 Å². The zero-order chi connectivity index (χ0) is 10.5. The van der Waals surface area contributed by atoms with E-state index in [2.05, 4.69) is 0 Å². The Hall–Kier alpha value is -1.27. The smallest absolute Gasteiger partial charge is 0.329 e. The maximum Gasteiger partial charge on any atom is 0.329 e. The van der Waals surface area contributed by atoms with Crippen LogP contribution in [0.25, 0.3) is 0 Å². The lowest BCUT2D eigenvalue weighted by Gasteiger charge is -2.14.